The van der Waals surface area contributed by atoms with Gasteiger partial charge in [-0.3, -0.25) is 14.1 Å². The van der Waals surface area contributed by atoms with E-state index in [1.165, 1.54) is 12.1 Å². The molecule has 0 saturated carbocycles. The molecule has 1 N–H and O–H groups in total. The molecule has 1 fully saturated rings. The van der Waals surface area contributed by atoms with Gasteiger partial charge < -0.3 is 10.2 Å². The fourth-order valence-corrected chi connectivity index (χ4v) is 4.57. The minimum absolute atomic E-state index is 0.0978. The molecule has 0 radical (unpaired) electrons. The lowest BCUT2D eigenvalue weighted by atomic mass is 10.0. The number of piperazine rings is 1. The van der Waals surface area contributed by atoms with Crippen LogP contribution in [-0.4, -0.2) is 63.3 Å². The van der Waals surface area contributed by atoms with Crippen molar-refractivity contribution in [1.29, 1.82) is 0 Å². The van der Waals surface area contributed by atoms with E-state index in [4.69, 9.17) is 0 Å². The maximum atomic E-state index is 13.9. The third-order valence-electron chi connectivity index (χ3n) is 6.73. The molecular weight excluding hydrogens is 481 g/mol. The second-order valence-corrected chi connectivity index (χ2v) is 9.37. The summed E-state index contributed by atoms with van der Waals surface area (Å²) in [4.78, 5) is 25.8. The van der Waals surface area contributed by atoms with Gasteiger partial charge in [0.2, 0.25) is 5.78 Å². The number of hydrogen-bond acceptors (Lipinski definition) is 5. The normalized spacial score (nSPS) is 15.3. The zero-order valence-corrected chi connectivity index (χ0v) is 20.6. The van der Waals surface area contributed by atoms with E-state index in [1.807, 2.05) is 29.5 Å². The first-order chi connectivity index (χ1) is 17.7. The lowest BCUT2D eigenvalue weighted by Gasteiger charge is -2.33. The Kier molecular flexibility index (Phi) is 6.70. The average molecular weight is 509 g/mol. The van der Waals surface area contributed by atoms with Crippen LogP contribution in [0.1, 0.15) is 27.0 Å². The number of nitrogens with zero attached hydrogens (tertiary/aromatic N) is 5. The predicted molar refractivity (Wildman–Crippen MR) is 135 cm³/mol. The number of likely N-dealkylation sites (N-methyl/N-ethyl adjacent to an activating group) is 1. The van der Waals surface area contributed by atoms with Crippen molar-refractivity contribution in [1.82, 2.24) is 24.2 Å². The summed E-state index contributed by atoms with van der Waals surface area (Å²) in [7, 11) is 2.00. The first-order valence-electron chi connectivity index (χ1n) is 12.0. The molecule has 37 heavy (non-hydrogen) atoms. The zero-order valence-electron chi connectivity index (χ0n) is 20.6. The molecule has 2 aromatic carbocycles. The lowest BCUT2D eigenvalue weighted by molar-refractivity contribution is -0.138. The maximum Gasteiger partial charge on any atom is 0.416 e. The van der Waals surface area contributed by atoms with Crippen LogP contribution in [0.2, 0.25) is 0 Å². The van der Waals surface area contributed by atoms with Gasteiger partial charge in [0.25, 0.3) is 5.91 Å². The Hall–Kier alpha value is -3.76. The van der Waals surface area contributed by atoms with E-state index in [-0.39, 0.29) is 17.8 Å². The molecule has 0 spiro atoms. The number of aromatic nitrogens is 3. The van der Waals surface area contributed by atoms with E-state index >= 15 is 0 Å². The highest BCUT2D eigenvalue weighted by Gasteiger charge is 2.34. The monoisotopic (exact) mass is 508 g/mol. The Balaban J connectivity index is 1.39. The van der Waals surface area contributed by atoms with Crippen LogP contribution in [0.15, 0.2) is 61.1 Å². The number of alkyl halides is 3. The summed E-state index contributed by atoms with van der Waals surface area (Å²) in [5, 5.41) is 2.64. The van der Waals surface area contributed by atoms with Crippen molar-refractivity contribution in [2.45, 2.75) is 19.6 Å². The summed E-state index contributed by atoms with van der Waals surface area (Å²) in [5.41, 5.74) is 2.38. The topological polar surface area (TPSA) is 65.8 Å². The summed E-state index contributed by atoms with van der Waals surface area (Å²) in [6.07, 6.45) is 0.630. The highest BCUT2D eigenvalue weighted by Crippen LogP contribution is 2.35. The Morgan fingerprint density at radius 1 is 1.05 bits per heavy atom. The number of halogens is 3. The van der Waals surface area contributed by atoms with Crippen molar-refractivity contribution in [3.63, 3.8) is 0 Å². The number of imidazole rings is 1. The van der Waals surface area contributed by atoms with Gasteiger partial charge in [0.15, 0.2) is 0 Å². The van der Waals surface area contributed by atoms with E-state index in [2.05, 4.69) is 20.2 Å². The summed E-state index contributed by atoms with van der Waals surface area (Å²) in [6.45, 7) is 5.20. The van der Waals surface area contributed by atoms with Gasteiger partial charge >= 0.3 is 6.18 Å². The molecule has 0 unspecified atom stereocenters. The predicted octanol–water partition coefficient (Wildman–Crippen LogP) is 4.72. The van der Waals surface area contributed by atoms with Crippen LogP contribution in [-0.2, 0) is 12.7 Å². The molecule has 1 saturated heterocycles. The number of amides is 1. The van der Waals surface area contributed by atoms with Gasteiger partial charge in [-0.05, 0) is 55.4 Å². The minimum atomic E-state index is -4.53. The number of carbonyl (C=O) groups excluding carboxylic acids is 1. The first kappa shape index (κ1) is 24.9. The van der Waals surface area contributed by atoms with Crippen molar-refractivity contribution in [2.24, 2.45) is 0 Å². The van der Waals surface area contributed by atoms with Gasteiger partial charge in [0.1, 0.15) is 0 Å². The number of aryl methyl sites for hydroxylation is 1. The minimum Gasteiger partial charge on any atom is -0.322 e. The van der Waals surface area contributed by atoms with E-state index in [0.29, 0.717) is 24.4 Å². The SMILES string of the molecule is Cc1ccc(C(=O)Nc2ccc(CN3CCN(C)CC3)c(C(F)(F)F)c2)cc1-c1cnc2ncccn12. The maximum absolute atomic E-state index is 13.9. The standard InChI is InChI=1S/C27H27F3N6O/c1-18-4-5-19(14-22(18)24-16-32-26-31-8-3-9-36(24)26)25(37)33-21-7-6-20(23(15-21)27(28,29)30)17-35-12-10-34(2)11-13-35/h3-9,14-16H,10-13,17H2,1-2H3,(H,33,37). The third-order valence-corrected chi connectivity index (χ3v) is 6.73. The van der Waals surface area contributed by atoms with Gasteiger partial charge in [-0.25, -0.2) is 9.97 Å². The van der Waals surface area contributed by atoms with Crippen LogP contribution >= 0.6 is 0 Å². The number of anilines is 1. The molecule has 3 heterocycles. The molecule has 0 aliphatic carbocycles. The molecular formula is C27H27F3N6O. The molecule has 2 aromatic heterocycles. The summed E-state index contributed by atoms with van der Waals surface area (Å²) >= 11 is 0. The number of nitrogens with one attached hydrogen (secondary N) is 1. The fraction of sp³-hybridized carbons (Fsp3) is 0.296. The zero-order chi connectivity index (χ0) is 26.2. The van der Waals surface area contributed by atoms with Crippen molar-refractivity contribution >= 4 is 17.4 Å². The van der Waals surface area contributed by atoms with Crippen LogP contribution in [0.25, 0.3) is 17.0 Å². The van der Waals surface area contributed by atoms with Crippen molar-refractivity contribution < 1.29 is 18.0 Å². The summed E-state index contributed by atoms with van der Waals surface area (Å²) < 4.78 is 43.6. The second kappa shape index (κ2) is 9.95. The van der Waals surface area contributed by atoms with Gasteiger partial charge in [-0.1, -0.05) is 12.1 Å². The molecule has 10 heteroatoms. The van der Waals surface area contributed by atoms with Crippen LogP contribution < -0.4 is 5.32 Å². The van der Waals surface area contributed by atoms with E-state index in [0.717, 1.165) is 36.0 Å². The van der Waals surface area contributed by atoms with Crippen molar-refractivity contribution in [3.05, 3.63) is 83.3 Å². The number of rotatable bonds is 5. The number of fused-ring (bicyclic) bond motifs is 1. The second-order valence-electron chi connectivity index (χ2n) is 9.37. The van der Waals surface area contributed by atoms with Gasteiger partial charge in [-0.2, -0.15) is 13.2 Å². The first-order valence-corrected chi connectivity index (χ1v) is 12.0. The molecule has 1 amide bonds. The highest BCUT2D eigenvalue weighted by molar-refractivity contribution is 6.05. The molecule has 4 aromatic rings. The quantitative estimate of drug-likeness (QED) is 0.423. The Morgan fingerprint density at radius 2 is 1.84 bits per heavy atom. The van der Waals surface area contributed by atoms with E-state index < -0.39 is 17.6 Å². The van der Waals surface area contributed by atoms with Gasteiger partial charge in [-0.15, -0.1) is 0 Å². The summed E-state index contributed by atoms with van der Waals surface area (Å²) in [6, 6.07) is 11.0. The Labute approximate surface area is 212 Å². The van der Waals surface area contributed by atoms with Crippen LogP contribution in [0, 0.1) is 6.92 Å². The molecule has 0 bridgehead atoms. The van der Waals surface area contributed by atoms with Crippen LogP contribution in [0.3, 0.4) is 0 Å². The number of carbonyl (C=O) groups is 1. The Bertz CT molecular complexity index is 1440. The van der Waals surface area contributed by atoms with Crippen molar-refractivity contribution in [2.75, 3.05) is 38.5 Å². The van der Waals surface area contributed by atoms with Crippen molar-refractivity contribution in [3.8, 4) is 11.3 Å². The average Bonchev–Trinajstić information content (AvgIpc) is 3.30. The molecule has 0 atom stereocenters. The third kappa shape index (κ3) is 5.35. The molecule has 7 nitrogen and oxygen atoms in total. The Morgan fingerprint density at radius 3 is 2.59 bits per heavy atom. The van der Waals surface area contributed by atoms with Gasteiger partial charge in [0.05, 0.1) is 17.5 Å². The molecule has 1 aliphatic rings. The lowest BCUT2D eigenvalue weighted by Crippen LogP contribution is -2.44. The van der Waals surface area contributed by atoms with Gasteiger partial charge in [0, 0.05) is 61.9 Å². The highest BCUT2D eigenvalue weighted by atomic mass is 19.4. The summed E-state index contributed by atoms with van der Waals surface area (Å²) in [5.74, 6) is 0.0382. The molecule has 1 aliphatic heterocycles. The number of hydrogen-bond donors (Lipinski definition) is 1. The largest absolute Gasteiger partial charge is 0.416 e. The van der Waals surface area contributed by atoms with E-state index in [1.54, 1.807) is 36.7 Å². The van der Waals surface area contributed by atoms with E-state index in [9.17, 15) is 18.0 Å². The fourth-order valence-electron chi connectivity index (χ4n) is 4.57. The molecule has 192 valence electrons. The number of benzene rings is 2. The molecule has 5 rings (SSSR count). The smallest absolute Gasteiger partial charge is 0.322 e. The van der Waals surface area contributed by atoms with Crippen LogP contribution in [0.5, 0.6) is 0 Å². The van der Waals surface area contributed by atoms with Crippen LogP contribution in [0.4, 0.5) is 18.9 Å².